The minimum absolute atomic E-state index is 0.140. The lowest BCUT2D eigenvalue weighted by molar-refractivity contribution is 0.248. The molecular weight excluding hydrogens is 336 g/mol. The Morgan fingerprint density at radius 1 is 1.36 bits per heavy atom. The lowest BCUT2D eigenvalue weighted by Gasteiger charge is -2.14. The summed E-state index contributed by atoms with van der Waals surface area (Å²) >= 11 is 7.21. The van der Waals surface area contributed by atoms with Crippen LogP contribution in [0.25, 0.3) is 0 Å². The molecule has 0 bridgehead atoms. The first-order valence-electron chi connectivity index (χ1n) is 4.53. The quantitative estimate of drug-likeness (QED) is 0.580. The van der Waals surface area contributed by atoms with Crippen LogP contribution in [0.15, 0.2) is 0 Å². The van der Waals surface area contributed by atoms with Crippen molar-refractivity contribution >= 4 is 42.0 Å². The third-order valence-corrected chi connectivity index (χ3v) is 5.97. The molecule has 0 aromatic carbocycles. The Morgan fingerprint density at radius 2 is 1.86 bits per heavy atom. The fourth-order valence-corrected chi connectivity index (χ4v) is 4.47. The molecule has 0 heterocycles. The smallest absolute Gasteiger partial charge is 0.264 e. The lowest BCUT2D eigenvalue weighted by Crippen LogP contribution is -2.14. The van der Waals surface area contributed by atoms with Crippen molar-refractivity contribution < 1.29 is 12.6 Å². The molecule has 82 valence electrons. The molecule has 0 spiro atoms. The molecule has 0 aromatic heterocycles. The van der Waals surface area contributed by atoms with Crippen LogP contribution in [-0.4, -0.2) is 24.5 Å². The maximum Gasteiger partial charge on any atom is 0.264 e. The summed E-state index contributed by atoms with van der Waals surface area (Å²) in [6.45, 7) is 0.349. The van der Waals surface area contributed by atoms with Gasteiger partial charge in [0.15, 0.2) is 0 Å². The summed E-state index contributed by atoms with van der Waals surface area (Å²) in [6.07, 6.45) is 3.20. The Hall–Kier alpha value is 0.870. The fraction of sp³-hybridized carbons (Fsp3) is 1.00. The van der Waals surface area contributed by atoms with Gasteiger partial charge in [0.1, 0.15) is 0 Å². The maximum atomic E-state index is 10.8. The normalized spacial score (nSPS) is 39.5. The van der Waals surface area contributed by atoms with Crippen LogP contribution in [0, 0.1) is 17.8 Å². The van der Waals surface area contributed by atoms with Crippen molar-refractivity contribution in [1.82, 2.24) is 0 Å². The van der Waals surface area contributed by atoms with E-state index in [-0.39, 0.29) is 3.23 Å². The van der Waals surface area contributed by atoms with Crippen LogP contribution in [0.2, 0.25) is 0 Å². The van der Waals surface area contributed by atoms with Gasteiger partial charge in [-0.3, -0.25) is 4.18 Å². The van der Waals surface area contributed by atoms with E-state index in [4.69, 9.17) is 4.18 Å². The van der Waals surface area contributed by atoms with E-state index in [9.17, 15) is 8.42 Å². The molecule has 14 heavy (non-hydrogen) atoms. The Bertz CT molecular complexity index is 324. The van der Waals surface area contributed by atoms with Gasteiger partial charge in [-0.25, -0.2) is 0 Å². The van der Waals surface area contributed by atoms with Crippen LogP contribution in [0.3, 0.4) is 0 Å². The van der Waals surface area contributed by atoms with Crippen LogP contribution >= 0.6 is 31.9 Å². The highest BCUT2D eigenvalue weighted by Crippen LogP contribution is 2.70. The first-order valence-corrected chi connectivity index (χ1v) is 7.93. The van der Waals surface area contributed by atoms with Gasteiger partial charge in [0, 0.05) is 0 Å². The highest BCUT2D eigenvalue weighted by atomic mass is 79.9. The molecule has 0 saturated heterocycles. The molecule has 0 aliphatic heterocycles. The predicted octanol–water partition coefficient (Wildman–Crippen LogP) is 2.10. The minimum Gasteiger partial charge on any atom is -0.270 e. The molecule has 6 heteroatoms. The number of halogens is 2. The van der Waals surface area contributed by atoms with Gasteiger partial charge in [0.25, 0.3) is 10.1 Å². The molecular formula is C8H12Br2O3S. The van der Waals surface area contributed by atoms with Crippen LogP contribution < -0.4 is 0 Å². The average molecular weight is 348 g/mol. The number of alkyl halides is 2. The van der Waals surface area contributed by atoms with Gasteiger partial charge < -0.3 is 0 Å². The molecule has 2 saturated carbocycles. The van der Waals surface area contributed by atoms with Crippen LogP contribution in [0.4, 0.5) is 0 Å². The van der Waals surface area contributed by atoms with Crippen LogP contribution in [0.1, 0.15) is 12.8 Å². The summed E-state index contributed by atoms with van der Waals surface area (Å²) in [7, 11) is -3.27. The van der Waals surface area contributed by atoms with Gasteiger partial charge in [-0.1, -0.05) is 31.9 Å². The largest absolute Gasteiger partial charge is 0.270 e. The summed E-state index contributed by atoms with van der Waals surface area (Å²) in [5.74, 6) is 1.70. The van der Waals surface area contributed by atoms with E-state index >= 15 is 0 Å². The van der Waals surface area contributed by atoms with Crippen LogP contribution in [-0.2, 0) is 14.3 Å². The van der Waals surface area contributed by atoms with Crippen molar-refractivity contribution in [2.45, 2.75) is 16.1 Å². The van der Waals surface area contributed by atoms with Crippen molar-refractivity contribution in [3.05, 3.63) is 0 Å². The molecule has 3 nitrogen and oxygen atoms in total. The van der Waals surface area contributed by atoms with Crippen molar-refractivity contribution in [2.24, 2.45) is 17.8 Å². The van der Waals surface area contributed by atoms with Gasteiger partial charge in [0.2, 0.25) is 0 Å². The molecule has 1 unspecified atom stereocenters. The molecule has 2 fully saturated rings. The lowest BCUT2D eigenvalue weighted by atomic mass is 10.1. The number of rotatable bonds is 3. The van der Waals surface area contributed by atoms with E-state index in [0.717, 1.165) is 19.1 Å². The molecule has 0 N–H and O–H groups in total. The third-order valence-electron chi connectivity index (χ3n) is 3.06. The van der Waals surface area contributed by atoms with E-state index in [1.165, 1.54) is 0 Å². The monoisotopic (exact) mass is 346 g/mol. The molecule has 2 aliphatic carbocycles. The summed E-state index contributed by atoms with van der Waals surface area (Å²) in [4.78, 5) is 0. The predicted molar refractivity (Wildman–Crippen MR) is 61.1 cm³/mol. The Kier molecular flexibility index (Phi) is 2.78. The van der Waals surface area contributed by atoms with E-state index in [2.05, 4.69) is 31.9 Å². The Labute approximate surface area is 101 Å². The van der Waals surface area contributed by atoms with Gasteiger partial charge in [0.05, 0.1) is 16.1 Å². The highest BCUT2D eigenvalue weighted by molar-refractivity contribution is 9.25. The van der Waals surface area contributed by atoms with Gasteiger partial charge in [-0.05, 0) is 30.6 Å². The second-order valence-corrected chi connectivity index (χ2v) is 9.55. The maximum absolute atomic E-state index is 10.8. The van der Waals surface area contributed by atoms with Crippen molar-refractivity contribution in [2.75, 3.05) is 12.9 Å². The molecule has 0 radical (unpaired) electrons. The van der Waals surface area contributed by atoms with E-state index in [1.807, 2.05) is 0 Å². The third kappa shape index (κ3) is 2.18. The van der Waals surface area contributed by atoms with Crippen molar-refractivity contribution in [3.63, 3.8) is 0 Å². The minimum atomic E-state index is -3.27. The molecule has 2 rings (SSSR count). The molecule has 3 atom stereocenters. The second kappa shape index (κ2) is 3.43. The van der Waals surface area contributed by atoms with Crippen molar-refractivity contribution in [1.29, 1.82) is 0 Å². The SMILES string of the molecule is CS(=O)(=O)OCC1C[C@@H]2[C@H](C1)C2(Br)Br. The van der Waals surface area contributed by atoms with Gasteiger partial charge in [-0.2, -0.15) is 8.42 Å². The van der Waals surface area contributed by atoms with Gasteiger partial charge >= 0.3 is 0 Å². The number of hydrogen-bond acceptors (Lipinski definition) is 3. The summed E-state index contributed by atoms with van der Waals surface area (Å²) in [5.41, 5.74) is 0. The highest BCUT2D eigenvalue weighted by Gasteiger charge is 2.65. The van der Waals surface area contributed by atoms with E-state index in [1.54, 1.807) is 0 Å². The Balaban J connectivity index is 1.79. The second-order valence-electron chi connectivity index (χ2n) is 4.21. The first kappa shape index (κ1) is 11.4. The molecule has 0 amide bonds. The number of hydrogen-bond donors (Lipinski definition) is 0. The topological polar surface area (TPSA) is 43.4 Å². The summed E-state index contributed by atoms with van der Waals surface area (Å²) < 4.78 is 26.5. The summed E-state index contributed by atoms with van der Waals surface area (Å²) in [6, 6.07) is 0. The zero-order chi connectivity index (χ0) is 10.6. The first-order chi connectivity index (χ1) is 6.31. The molecule has 0 aromatic rings. The fourth-order valence-electron chi connectivity index (χ4n) is 2.27. The van der Waals surface area contributed by atoms with Crippen molar-refractivity contribution in [3.8, 4) is 0 Å². The zero-order valence-corrected chi connectivity index (χ0v) is 11.7. The molecule has 2 aliphatic rings. The zero-order valence-electron chi connectivity index (χ0n) is 7.74. The van der Waals surface area contributed by atoms with E-state index < -0.39 is 10.1 Å². The number of fused-ring (bicyclic) bond motifs is 1. The van der Waals surface area contributed by atoms with Gasteiger partial charge in [-0.15, -0.1) is 0 Å². The summed E-state index contributed by atoms with van der Waals surface area (Å²) in [5, 5.41) is 0. The van der Waals surface area contributed by atoms with E-state index in [0.29, 0.717) is 24.4 Å². The average Bonchev–Trinajstić information content (AvgIpc) is 2.50. The van der Waals surface area contributed by atoms with Crippen LogP contribution in [0.5, 0.6) is 0 Å². The Morgan fingerprint density at radius 3 is 2.29 bits per heavy atom. The standard InChI is InChI=1S/C8H12Br2O3S/c1-14(11,12)13-4-5-2-6-7(3-5)8(6,9)10/h5-7H,2-4H2,1H3/t5?,6-,7+.